The number of nitrogens with one attached hydrogen (secondary N) is 3. The van der Waals surface area contributed by atoms with Crippen LogP contribution in [-0.4, -0.2) is 36.2 Å². The van der Waals surface area contributed by atoms with E-state index in [0.717, 1.165) is 22.1 Å². The predicted octanol–water partition coefficient (Wildman–Crippen LogP) is 7.53. The van der Waals surface area contributed by atoms with Crippen molar-refractivity contribution in [2.24, 2.45) is 5.10 Å². The van der Waals surface area contributed by atoms with Crippen molar-refractivity contribution in [1.82, 2.24) is 10.4 Å². The van der Waals surface area contributed by atoms with Gasteiger partial charge < -0.3 is 20.1 Å². The average molecular weight is 644 g/mol. The van der Waals surface area contributed by atoms with Crippen LogP contribution >= 0.6 is 22.9 Å². The molecule has 5 rings (SSSR count). The number of thiazole rings is 1. The van der Waals surface area contributed by atoms with Gasteiger partial charge in [-0.15, -0.1) is 11.3 Å². The lowest BCUT2D eigenvalue weighted by Gasteiger charge is -2.13. The highest BCUT2D eigenvalue weighted by atomic mass is 35.5. The monoisotopic (exact) mass is 643 g/mol. The highest BCUT2D eigenvalue weighted by molar-refractivity contribution is 7.14. The van der Waals surface area contributed by atoms with Crippen molar-refractivity contribution in [1.29, 1.82) is 0 Å². The van der Waals surface area contributed by atoms with Crippen LogP contribution in [0.25, 0.3) is 11.3 Å². The summed E-state index contributed by atoms with van der Waals surface area (Å²) in [6.07, 6.45) is 1.47. The maximum absolute atomic E-state index is 13.8. The Balaban J connectivity index is 1.15. The van der Waals surface area contributed by atoms with Crippen LogP contribution in [-0.2, 0) is 4.79 Å². The van der Waals surface area contributed by atoms with E-state index in [1.165, 1.54) is 35.8 Å². The van der Waals surface area contributed by atoms with E-state index in [4.69, 9.17) is 21.1 Å². The maximum Gasteiger partial charge on any atom is 0.271 e. The predicted molar refractivity (Wildman–Crippen MR) is 175 cm³/mol. The number of amides is 2. The molecule has 228 valence electrons. The Morgan fingerprint density at radius 1 is 0.978 bits per heavy atom. The van der Waals surface area contributed by atoms with Crippen molar-refractivity contribution in [2.75, 3.05) is 23.8 Å². The van der Waals surface area contributed by atoms with Gasteiger partial charge in [-0.2, -0.15) is 5.10 Å². The number of hydrazone groups is 1. The van der Waals surface area contributed by atoms with Gasteiger partial charge in [0, 0.05) is 27.2 Å². The van der Waals surface area contributed by atoms with E-state index in [9.17, 15) is 14.0 Å². The zero-order valence-corrected chi connectivity index (χ0v) is 25.5. The van der Waals surface area contributed by atoms with Gasteiger partial charge in [-0.25, -0.2) is 14.8 Å². The third kappa shape index (κ3) is 8.65. The highest BCUT2D eigenvalue weighted by Crippen LogP contribution is 2.29. The van der Waals surface area contributed by atoms with Crippen LogP contribution < -0.4 is 25.5 Å². The number of hydrogen-bond acceptors (Lipinski definition) is 8. The Bertz CT molecular complexity index is 1810. The van der Waals surface area contributed by atoms with Crippen LogP contribution in [0.4, 0.5) is 20.9 Å². The highest BCUT2D eigenvalue weighted by Gasteiger charge is 2.12. The second-order valence-corrected chi connectivity index (χ2v) is 10.7. The average Bonchev–Trinajstić information content (AvgIpc) is 3.51. The first kappa shape index (κ1) is 31.2. The van der Waals surface area contributed by atoms with Gasteiger partial charge in [-0.05, 0) is 79.2 Å². The Morgan fingerprint density at radius 2 is 1.76 bits per heavy atom. The minimum atomic E-state index is -0.540. The molecule has 45 heavy (non-hydrogen) atoms. The number of ether oxygens (including phenoxy) is 2. The zero-order valence-electron chi connectivity index (χ0n) is 23.9. The summed E-state index contributed by atoms with van der Waals surface area (Å²) in [4.78, 5) is 29.5. The summed E-state index contributed by atoms with van der Waals surface area (Å²) in [7, 11) is 0. The standard InChI is InChI=1S/C33H27ClFN5O4S/c1-2-43-30-17-21(7-16-29(30)44-19-31(41)38-27-6-4-3-5-26(27)35)18-36-40-32(42)23-10-8-22(9-11-23)28-20-45-33(39-28)37-25-14-12-24(34)13-15-25/h3-18,20H,2,19H2,1H3,(H,37,39)(H,38,41)(H,40,42)/b36-18-. The van der Waals surface area contributed by atoms with Crippen molar-refractivity contribution in [3.05, 3.63) is 118 Å². The third-order valence-electron chi connectivity index (χ3n) is 6.20. The lowest BCUT2D eigenvalue weighted by atomic mass is 10.1. The van der Waals surface area contributed by atoms with Gasteiger partial charge in [0.2, 0.25) is 0 Å². The number of halogens is 2. The molecular weight excluding hydrogens is 617 g/mol. The summed E-state index contributed by atoms with van der Waals surface area (Å²) < 4.78 is 25.1. The summed E-state index contributed by atoms with van der Waals surface area (Å²) in [5, 5.41) is 13.1. The lowest BCUT2D eigenvalue weighted by molar-refractivity contribution is -0.118. The third-order valence-corrected chi connectivity index (χ3v) is 7.21. The minimum Gasteiger partial charge on any atom is -0.490 e. The van der Waals surface area contributed by atoms with E-state index in [1.807, 2.05) is 36.6 Å². The number of anilines is 3. The Labute approximate surface area is 267 Å². The molecule has 0 saturated heterocycles. The van der Waals surface area contributed by atoms with Crippen molar-refractivity contribution < 1.29 is 23.5 Å². The molecule has 0 aliphatic rings. The van der Waals surface area contributed by atoms with E-state index in [1.54, 1.807) is 48.5 Å². The van der Waals surface area contributed by atoms with E-state index < -0.39 is 11.7 Å². The van der Waals surface area contributed by atoms with E-state index in [0.29, 0.717) is 34.3 Å². The summed E-state index contributed by atoms with van der Waals surface area (Å²) in [5.74, 6) is -0.731. The summed E-state index contributed by atoms with van der Waals surface area (Å²) in [6, 6.07) is 25.3. The van der Waals surface area contributed by atoms with Crippen molar-refractivity contribution in [2.45, 2.75) is 6.92 Å². The molecule has 0 aliphatic heterocycles. The molecule has 9 nitrogen and oxygen atoms in total. The fourth-order valence-electron chi connectivity index (χ4n) is 4.03. The number of carbonyl (C=O) groups is 2. The molecule has 0 bridgehead atoms. The normalized spacial score (nSPS) is 10.8. The van der Waals surface area contributed by atoms with Gasteiger partial charge in [0.25, 0.3) is 11.8 Å². The zero-order chi connectivity index (χ0) is 31.6. The molecule has 5 aromatic rings. The number of benzene rings is 4. The first-order valence-electron chi connectivity index (χ1n) is 13.7. The number of nitrogens with zero attached hydrogens (tertiary/aromatic N) is 2. The summed E-state index contributed by atoms with van der Waals surface area (Å²) in [5.41, 5.74) is 6.17. The molecule has 0 saturated carbocycles. The second kappa shape index (κ2) is 15.0. The van der Waals surface area contributed by atoms with Gasteiger partial charge in [0.05, 0.1) is 24.2 Å². The topological polar surface area (TPSA) is 114 Å². The van der Waals surface area contributed by atoms with Crippen LogP contribution in [0.1, 0.15) is 22.8 Å². The quantitative estimate of drug-likeness (QED) is 0.0957. The van der Waals surface area contributed by atoms with Crippen molar-refractivity contribution in [3.8, 4) is 22.8 Å². The fourth-order valence-corrected chi connectivity index (χ4v) is 4.89. The van der Waals surface area contributed by atoms with Crippen LogP contribution in [0.2, 0.25) is 5.02 Å². The fraction of sp³-hybridized carbons (Fsp3) is 0.0909. The largest absolute Gasteiger partial charge is 0.490 e. The number of hydrogen-bond donors (Lipinski definition) is 3. The Morgan fingerprint density at radius 3 is 2.51 bits per heavy atom. The smallest absolute Gasteiger partial charge is 0.271 e. The van der Waals surface area contributed by atoms with Crippen LogP contribution in [0.5, 0.6) is 11.5 Å². The van der Waals surface area contributed by atoms with Crippen LogP contribution in [0.15, 0.2) is 101 Å². The first-order valence-corrected chi connectivity index (χ1v) is 15.0. The van der Waals surface area contributed by atoms with Crippen LogP contribution in [0.3, 0.4) is 0 Å². The van der Waals surface area contributed by atoms with Gasteiger partial charge >= 0.3 is 0 Å². The number of rotatable bonds is 12. The van der Waals surface area contributed by atoms with Crippen molar-refractivity contribution >= 4 is 57.5 Å². The molecular formula is C33H27ClFN5O4S. The molecule has 0 spiro atoms. The molecule has 3 N–H and O–H groups in total. The van der Waals surface area contributed by atoms with Gasteiger partial charge in [0.15, 0.2) is 23.2 Å². The van der Waals surface area contributed by atoms with Crippen LogP contribution in [0, 0.1) is 5.82 Å². The van der Waals surface area contributed by atoms with Gasteiger partial charge in [-0.1, -0.05) is 35.9 Å². The van der Waals surface area contributed by atoms with E-state index in [-0.39, 0.29) is 18.2 Å². The Kier molecular flexibility index (Phi) is 10.4. The molecule has 0 unspecified atom stereocenters. The van der Waals surface area contributed by atoms with Gasteiger partial charge in [0.1, 0.15) is 5.82 Å². The molecule has 12 heteroatoms. The van der Waals surface area contributed by atoms with Crippen molar-refractivity contribution in [3.63, 3.8) is 0 Å². The molecule has 0 atom stereocenters. The minimum absolute atomic E-state index is 0.0671. The summed E-state index contributed by atoms with van der Waals surface area (Å²) >= 11 is 7.42. The SMILES string of the molecule is CCOc1cc(/C=N\NC(=O)c2ccc(-c3csc(Nc4ccc(Cl)cc4)n3)cc2)ccc1OCC(=O)Nc1ccccc1F. The molecule has 0 radical (unpaired) electrons. The second-order valence-electron chi connectivity index (χ2n) is 9.40. The number of para-hydroxylation sites is 1. The molecule has 1 heterocycles. The lowest BCUT2D eigenvalue weighted by Crippen LogP contribution is -2.21. The molecule has 4 aromatic carbocycles. The Hall–Kier alpha value is -5.26. The first-order chi connectivity index (χ1) is 21.9. The molecule has 0 aliphatic carbocycles. The number of carbonyl (C=O) groups excluding carboxylic acids is 2. The molecule has 1 aromatic heterocycles. The summed E-state index contributed by atoms with van der Waals surface area (Å²) in [6.45, 7) is 1.82. The number of aromatic nitrogens is 1. The maximum atomic E-state index is 13.8. The van der Waals surface area contributed by atoms with Gasteiger partial charge in [-0.3, -0.25) is 9.59 Å². The van der Waals surface area contributed by atoms with E-state index in [2.05, 4.69) is 26.1 Å². The molecule has 2 amide bonds. The van der Waals surface area contributed by atoms with E-state index >= 15 is 0 Å². The molecule has 0 fully saturated rings.